The lowest BCUT2D eigenvalue weighted by molar-refractivity contribution is -0.148. The summed E-state index contributed by atoms with van der Waals surface area (Å²) in [6.45, 7) is 3.84. The Labute approximate surface area is 113 Å². The van der Waals surface area contributed by atoms with Crippen LogP contribution in [-0.2, 0) is 9.53 Å². The topological polar surface area (TPSA) is 46.6 Å². The van der Waals surface area contributed by atoms with Gasteiger partial charge in [-0.1, -0.05) is 12.1 Å². The van der Waals surface area contributed by atoms with E-state index in [1.54, 1.807) is 0 Å². The van der Waals surface area contributed by atoms with Gasteiger partial charge in [0.15, 0.2) is 6.29 Å². The van der Waals surface area contributed by atoms with Crippen LogP contribution in [0.1, 0.15) is 30.1 Å². The smallest absolute Gasteiger partial charge is 0.309 e. The summed E-state index contributed by atoms with van der Waals surface area (Å²) in [6, 6.07) is 7.56. The minimum Gasteiger partial charge on any atom is -0.466 e. The number of anilines is 1. The Morgan fingerprint density at radius 3 is 2.68 bits per heavy atom. The van der Waals surface area contributed by atoms with Gasteiger partial charge in [0.25, 0.3) is 0 Å². The van der Waals surface area contributed by atoms with Crippen molar-refractivity contribution < 1.29 is 14.3 Å². The number of hydrogen-bond acceptors (Lipinski definition) is 4. The molecule has 0 atom stereocenters. The third-order valence-corrected chi connectivity index (χ3v) is 3.52. The summed E-state index contributed by atoms with van der Waals surface area (Å²) in [6.07, 6.45) is 2.45. The summed E-state index contributed by atoms with van der Waals surface area (Å²) in [7, 11) is 0. The number of carbonyl (C=O) groups excluding carboxylic acids is 2. The number of esters is 1. The Balaban J connectivity index is 2.00. The highest BCUT2D eigenvalue weighted by Crippen LogP contribution is 2.26. The lowest BCUT2D eigenvalue weighted by Crippen LogP contribution is -2.37. The van der Waals surface area contributed by atoms with E-state index in [9.17, 15) is 9.59 Å². The predicted octanol–water partition coefficient (Wildman–Crippen LogP) is 2.28. The molecule has 19 heavy (non-hydrogen) atoms. The molecule has 0 amide bonds. The Hall–Kier alpha value is -1.84. The zero-order valence-corrected chi connectivity index (χ0v) is 11.2. The van der Waals surface area contributed by atoms with Crippen LogP contribution >= 0.6 is 0 Å². The first-order chi connectivity index (χ1) is 9.26. The third-order valence-electron chi connectivity index (χ3n) is 3.52. The molecule has 2 rings (SSSR count). The second kappa shape index (κ2) is 6.36. The monoisotopic (exact) mass is 261 g/mol. The molecule has 0 aromatic heterocycles. The van der Waals surface area contributed by atoms with E-state index in [0.29, 0.717) is 12.2 Å². The molecule has 4 nitrogen and oxygen atoms in total. The summed E-state index contributed by atoms with van der Waals surface area (Å²) < 4.78 is 5.05. The van der Waals surface area contributed by atoms with E-state index in [2.05, 4.69) is 4.90 Å². The van der Waals surface area contributed by atoms with E-state index in [0.717, 1.165) is 37.9 Å². The van der Waals surface area contributed by atoms with Crippen LogP contribution < -0.4 is 4.90 Å². The molecule has 0 N–H and O–H groups in total. The van der Waals surface area contributed by atoms with Gasteiger partial charge in [0.05, 0.1) is 12.5 Å². The zero-order chi connectivity index (χ0) is 13.7. The Morgan fingerprint density at radius 1 is 1.37 bits per heavy atom. The van der Waals surface area contributed by atoms with E-state index in [4.69, 9.17) is 4.74 Å². The predicted molar refractivity (Wildman–Crippen MR) is 73.4 cm³/mol. The van der Waals surface area contributed by atoms with Gasteiger partial charge in [-0.3, -0.25) is 9.59 Å². The fraction of sp³-hybridized carbons (Fsp3) is 0.467. The molecule has 1 aliphatic heterocycles. The molecule has 0 spiro atoms. The van der Waals surface area contributed by atoms with E-state index < -0.39 is 0 Å². The van der Waals surface area contributed by atoms with Crippen molar-refractivity contribution in [3.8, 4) is 0 Å². The summed E-state index contributed by atoms with van der Waals surface area (Å²) in [4.78, 5) is 24.9. The Kier molecular flexibility index (Phi) is 4.55. The molecule has 0 radical (unpaired) electrons. The standard InChI is InChI=1S/C15H19NO3/c1-2-19-15(18)12-7-9-16(10-8-12)14-6-4-3-5-13(14)11-17/h3-6,11-12H,2,7-10H2,1H3. The largest absolute Gasteiger partial charge is 0.466 e. The second-order valence-electron chi connectivity index (χ2n) is 4.69. The van der Waals surface area contributed by atoms with Gasteiger partial charge in [0, 0.05) is 24.3 Å². The van der Waals surface area contributed by atoms with Gasteiger partial charge in [-0.15, -0.1) is 0 Å². The van der Waals surface area contributed by atoms with E-state index in [-0.39, 0.29) is 11.9 Å². The van der Waals surface area contributed by atoms with Gasteiger partial charge in [-0.2, -0.15) is 0 Å². The van der Waals surface area contributed by atoms with Crippen molar-refractivity contribution in [3.05, 3.63) is 29.8 Å². The first kappa shape index (κ1) is 13.6. The summed E-state index contributed by atoms with van der Waals surface area (Å²) >= 11 is 0. The highest BCUT2D eigenvalue weighted by atomic mass is 16.5. The molecule has 1 aromatic rings. The van der Waals surface area contributed by atoms with Gasteiger partial charge in [-0.25, -0.2) is 0 Å². The molecule has 1 fully saturated rings. The molecule has 1 heterocycles. The fourth-order valence-electron chi connectivity index (χ4n) is 2.49. The maximum absolute atomic E-state index is 11.7. The minimum absolute atomic E-state index is 0.000377. The number of nitrogens with zero attached hydrogens (tertiary/aromatic N) is 1. The van der Waals surface area contributed by atoms with Crippen LogP contribution in [0.25, 0.3) is 0 Å². The van der Waals surface area contributed by atoms with Crippen LogP contribution in [0.2, 0.25) is 0 Å². The number of rotatable bonds is 4. The number of benzene rings is 1. The van der Waals surface area contributed by atoms with E-state index >= 15 is 0 Å². The molecule has 0 saturated carbocycles. The molecule has 4 heteroatoms. The normalized spacial score (nSPS) is 16.2. The highest BCUT2D eigenvalue weighted by Gasteiger charge is 2.26. The van der Waals surface area contributed by atoms with Crippen LogP contribution in [0.15, 0.2) is 24.3 Å². The van der Waals surface area contributed by atoms with Crippen molar-refractivity contribution in [1.82, 2.24) is 0 Å². The fourth-order valence-corrected chi connectivity index (χ4v) is 2.49. The highest BCUT2D eigenvalue weighted by molar-refractivity contribution is 5.84. The van der Waals surface area contributed by atoms with Crippen LogP contribution in [-0.4, -0.2) is 32.0 Å². The van der Waals surface area contributed by atoms with Gasteiger partial charge in [-0.05, 0) is 31.9 Å². The average molecular weight is 261 g/mol. The first-order valence-electron chi connectivity index (χ1n) is 6.72. The second-order valence-corrected chi connectivity index (χ2v) is 4.69. The van der Waals surface area contributed by atoms with Gasteiger partial charge in [0.2, 0.25) is 0 Å². The van der Waals surface area contributed by atoms with Crippen LogP contribution in [0.3, 0.4) is 0 Å². The molecule has 0 aliphatic carbocycles. The number of hydrogen-bond donors (Lipinski definition) is 0. The first-order valence-corrected chi connectivity index (χ1v) is 6.72. The maximum Gasteiger partial charge on any atom is 0.309 e. The lowest BCUT2D eigenvalue weighted by atomic mass is 9.96. The van der Waals surface area contributed by atoms with Crippen LogP contribution in [0.4, 0.5) is 5.69 Å². The molecule has 0 unspecified atom stereocenters. The summed E-state index contributed by atoms with van der Waals surface area (Å²) in [5.41, 5.74) is 1.66. The lowest BCUT2D eigenvalue weighted by Gasteiger charge is -2.33. The molecule has 1 saturated heterocycles. The van der Waals surface area contributed by atoms with Crippen molar-refractivity contribution >= 4 is 17.9 Å². The van der Waals surface area contributed by atoms with Crippen LogP contribution in [0.5, 0.6) is 0 Å². The molecule has 0 bridgehead atoms. The van der Waals surface area contributed by atoms with Gasteiger partial charge >= 0.3 is 5.97 Å². The van der Waals surface area contributed by atoms with Crippen molar-refractivity contribution in [2.24, 2.45) is 5.92 Å². The van der Waals surface area contributed by atoms with Crippen molar-refractivity contribution in [2.45, 2.75) is 19.8 Å². The third kappa shape index (κ3) is 3.13. The summed E-state index contributed by atoms with van der Waals surface area (Å²) in [5.74, 6) is -0.0922. The van der Waals surface area contributed by atoms with Crippen LogP contribution in [0, 0.1) is 5.92 Å². The maximum atomic E-state index is 11.7. The number of para-hydroxylation sites is 1. The summed E-state index contributed by atoms with van der Waals surface area (Å²) in [5, 5.41) is 0. The number of aldehydes is 1. The van der Waals surface area contributed by atoms with Crippen molar-refractivity contribution in [2.75, 3.05) is 24.6 Å². The van der Waals surface area contributed by atoms with Crippen molar-refractivity contribution in [3.63, 3.8) is 0 Å². The number of carbonyl (C=O) groups is 2. The molecule has 1 aliphatic rings. The number of piperidine rings is 1. The Morgan fingerprint density at radius 2 is 2.05 bits per heavy atom. The number of ether oxygens (including phenoxy) is 1. The average Bonchev–Trinajstić information content (AvgIpc) is 2.47. The zero-order valence-electron chi connectivity index (χ0n) is 11.2. The Bertz CT molecular complexity index is 450. The molecular formula is C15H19NO3. The van der Waals surface area contributed by atoms with Gasteiger partial charge in [0.1, 0.15) is 0 Å². The quantitative estimate of drug-likeness (QED) is 0.616. The van der Waals surface area contributed by atoms with Gasteiger partial charge < -0.3 is 9.64 Å². The van der Waals surface area contributed by atoms with E-state index in [1.807, 2.05) is 31.2 Å². The molecular weight excluding hydrogens is 242 g/mol. The molecule has 1 aromatic carbocycles. The van der Waals surface area contributed by atoms with E-state index in [1.165, 1.54) is 0 Å². The SMILES string of the molecule is CCOC(=O)C1CCN(c2ccccc2C=O)CC1. The molecule has 102 valence electrons. The van der Waals surface area contributed by atoms with Crippen molar-refractivity contribution in [1.29, 1.82) is 0 Å². The minimum atomic E-state index is -0.0918.